The number of aromatic nitrogens is 1. The maximum Gasteiger partial charge on any atom is 0.229 e. The van der Waals surface area contributed by atoms with E-state index in [1.807, 2.05) is 12.1 Å². The summed E-state index contributed by atoms with van der Waals surface area (Å²) in [7, 11) is 0. The minimum absolute atomic E-state index is 0.186. The van der Waals surface area contributed by atoms with Crippen LogP contribution in [0.25, 0.3) is 10.9 Å². The number of nitrogens with zero attached hydrogens (tertiary/aromatic N) is 2. The van der Waals surface area contributed by atoms with Crippen molar-refractivity contribution in [1.29, 1.82) is 5.26 Å². The maximum absolute atomic E-state index is 11.4. The predicted molar refractivity (Wildman–Crippen MR) is 58.0 cm³/mol. The molecule has 0 aliphatic heterocycles. The molecule has 3 nitrogen and oxygen atoms in total. The van der Waals surface area contributed by atoms with Gasteiger partial charge < -0.3 is 0 Å². The zero-order valence-corrected chi connectivity index (χ0v) is 8.75. The van der Waals surface area contributed by atoms with Crippen LogP contribution in [0.4, 0.5) is 0 Å². The lowest BCUT2D eigenvalue weighted by atomic mass is 10.2. The molecule has 1 heterocycles. The zero-order chi connectivity index (χ0) is 11.0. The van der Waals surface area contributed by atoms with Gasteiger partial charge in [-0.1, -0.05) is 29.8 Å². The van der Waals surface area contributed by atoms with Crippen molar-refractivity contribution in [1.82, 2.24) is 4.57 Å². The molecule has 0 fully saturated rings. The third kappa shape index (κ3) is 1.31. The highest BCUT2D eigenvalue weighted by molar-refractivity contribution is 6.33. The van der Waals surface area contributed by atoms with E-state index < -0.39 is 0 Å². The lowest BCUT2D eigenvalue weighted by Gasteiger charge is -1.99. The van der Waals surface area contributed by atoms with E-state index in [1.54, 1.807) is 18.2 Å². The Balaban J connectivity index is 2.99. The first-order chi connectivity index (χ1) is 7.16. The number of rotatable bonds is 0. The van der Waals surface area contributed by atoms with Crippen LogP contribution in [0.1, 0.15) is 17.3 Å². The molecule has 0 aliphatic carbocycles. The van der Waals surface area contributed by atoms with Crippen molar-refractivity contribution in [2.24, 2.45) is 0 Å². The summed E-state index contributed by atoms with van der Waals surface area (Å²) < 4.78 is 1.34. The fourth-order valence-electron chi connectivity index (χ4n) is 1.62. The third-order valence-corrected chi connectivity index (χ3v) is 2.60. The Bertz CT molecular complexity index is 592. The van der Waals surface area contributed by atoms with Crippen molar-refractivity contribution in [3.63, 3.8) is 0 Å². The van der Waals surface area contributed by atoms with Crippen LogP contribution in [0.3, 0.4) is 0 Å². The first kappa shape index (κ1) is 9.75. The van der Waals surface area contributed by atoms with Gasteiger partial charge in [-0.3, -0.25) is 9.36 Å². The number of hydrogen-bond acceptors (Lipinski definition) is 2. The smallest absolute Gasteiger partial charge is 0.229 e. The van der Waals surface area contributed by atoms with Crippen molar-refractivity contribution >= 4 is 28.4 Å². The summed E-state index contributed by atoms with van der Waals surface area (Å²) in [5, 5.41) is 9.85. The molecule has 0 atom stereocenters. The Kier molecular flexibility index (Phi) is 2.22. The van der Waals surface area contributed by atoms with Crippen molar-refractivity contribution in [3.05, 3.63) is 35.0 Å². The second-order valence-electron chi connectivity index (χ2n) is 3.15. The van der Waals surface area contributed by atoms with E-state index in [0.717, 1.165) is 0 Å². The summed E-state index contributed by atoms with van der Waals surface area (Å²) in [6.07, 6.45) is 0. The summed E-state index contributed by atoms with van der Waals surface area (Å²) in [5.41, 5.74) is 1.02. The number of carbonyl (C=O) groups is 1. The van der Waals surface area contributed by atoms with E-state index >= 15 is 0 Å². The molecule has 0 saturated heterocycles. The summed E-state index contributed by atoms with van der Waals surface area (Å²) in [6, 6.07) is 9.17. The highest BCUT2D eigenvalue weighted by Gasteiger charge is 2.16. The molecule has 0 radical (unpaired) electrons. The summed E-state index contributed by atoms with van der Waals surface area (Å²) in [6.45, 7) is 1.42. The van der Waals surface area contributed by atoms with Gasteiger partial charge in [0.25, 0.3) is 0 Å². The molecule has 0 amide bonds. The number of carbonyl (C=O) groups excluding carboxylic acids is 1. The molecule has 0 N–H and O–H groups in total. The van der Waals surface area contributed by atoms with Crippen LogP contribution >= 0.6 is 11.6 Å². The van der Waals surface area contributed by atoms with Crippen LogP contribution in [0.15, 0.2) is 24.3 Å². The first-order valence-corrected chi connectivity index (χ1v) is 4.74. The number of benzene rings is 1. The molecule has 0 spiro atoms. The van der Waals surface area contributed by atoms with Crippen molar-refractivity contribution in [2.75, 3.05) is 0 Å². The Morgan fingerprint density at radius 3 is 2.73 bits per heavy atom. The number of fused-ring (bicyclic) bond motifs is 1. The van der Waals surface area contributed by atoms with E-state index in [2.05, 4.69) is 0 Å². The van der Waals surface area contributed by atoms with Crippen LogP contribution in [-0.4, -0.2) is 10.5 Å². The van der Waals surface area contributed by atoms with Gasteiger partial charge in [0.05, 0.1) is 11.1 Å². The van der Waals surface area contributed by atoms with E-state index in [-0.39, 0.29) is 11.1 Å². The molecular formula is C11H7ClN2O. The summed E-state index contributed by atoms with van der Waals surface area (Å²) in [4.78, 5) is 11.4. The van der Waals surface area contributed by atoms with Gasteiger partial charge >= 0.3 is 0 Å². The third-order valence-electron chi connectivity index (χ3n) is 2.24. The number of nitriles is 1. The molecule has 0 unspecified atom stereocenters. The van der Waals surface area contributed by atoms with Crippen LogP contribution < -0.4 is 0 Å². The largest absolute Gasteiger partial charge is 0.274 e. The van der Waals surface area contributed by atoms with Crippen LogP contribution in [0.5, 0.6) is 0 Å². The second-order valence-corrected chi connectivity index (χ2v) is 3.51. The normalized spacial score (nSPS) is 10.2. The van der Waals surface area contributed by atoms with Gasteiger partial charge in [0.15, 0.2) is 0 Å². The zero-order valence-electron chi connectivity index (χ0n) is 7.99. The van der Waals surface area contributed by atoms with Gasteiger partial charge in [0.2, 0.25) is 5.91 Å². The predicted octanol–water partition coefficient (Wildman–Crippen LogP) is 2.83. The molecule has 0 bridgehead atoms. The molecule has 15 heavy (non-hydrogen) atoms. The minimum atomic E-state index is -0.197. The molecule has 1 aromatic carbocycles. The van der Waals surface area contributed by atoms with Gasteiger partial charge in [0.1, 0.15) is 11.2 Å². The minimum Gasteiger partial charge on any atom is -0.274 e. The van der Waals surface area contributed by atoms with Crippen LogP contribution in [-0.2, 0) is 0 Å². The maximum atomic E-state index is 11.4. The Hall–Kier alpha value is -1.79. The monoisotopic (exact) mass is 218 g/mol. The first-order valence-electron chi connectivity index (χ1n) is 4.36. The van der Waals surface area contributed by atoms with Crippen molar-refractivity contribution in [2.45, 2.75) is 6.92 Å². The Morgan fingerprint density at radius 1 is 1.47 bits per heavy atom. The Labute approximate surface area is 91.5 Å². The standard InChI is InChI=1S/C11H7ClN2O/c1-7(15)14-10-5-3-2-4-8(10)9(6-13)11(14)12/h2-5H,1H3. The van der Waals surface area contributed by atoms with Crippen molar-refractivity contribution < 1.29 is 4.79 Å². The summed E-state index contributed by atoms with van der Waals surface area (Å²) >= 11 is 5.97. The molecule has 0 aliphatic rings. The van der Waals surface area contributed by atoms with Crippen molar-refractivity contribution in [3.8, 4) is 6.07 Å². The van der Waals surface area contributed by atoms with E-state index in [0.29, 0.717) is 16.5 Å². The molecule has 2 aromatic rings. The van der Waals surface area contributed by atoms with Gasteiger partial charge in [0, 0.05) is 12.3 Å². The SMILES string of the molecule is CC(=O)n1c(Cl)c(C#N)c2ccccc21. The topological polar surface area (TPSA) is 45.8 Å². The molecule has 74 valence electrons. The van der Waals surface area contributed by atoms with E-state index in [1.165, 1.54) is 11.5 Å². The van der Waals surface area contributed by atoms with Gasteiger partial charge in [-0.25, -0.2) is 0 Å². The average molecular weight is 219 g/mol. The quantitative estimate of drug-likeness (QED) is 0.683. The highest BCUT2D eigenvalue weighted by atomic mass is 35.5. The lowest BCUT2D eigenvalue weighted by Crippen LogP contribution is -2.04. The van der Waals surface area contributed by atoms with E-state index in [9.17, 15) is 4.79 Å². The Morgan fingerprint density at radius 2 is 2.13 bits per heavy atom. The average Bonchev–Trinajstić information content (AvgIpc) is 2.49. The number of halogens is 1. The molecular weight excluding hydrogens is 212 g/mol. The number of hydrogen-bond donors (Lipinski definition) is 0. The second kappa shape index (κ2) is 3.41. The van der Waals surface area contributed by atoms with Crippen LogP contribution in [0, 0.1) is 11.3 Å². The van der Waals surface area contributed by atoms with Gasteiger partial charge in [-0.05, 0) is 6.07 Å². The molecule has 1 aromatic heterocycles. The van der Waals surface area contributed by atoms with Crippen LogP contribution in [0.2, 0.25) is 5.15 Å². The summed E-state index contributed by atoms with van der Waals surface area (Å²) in [5.74, 6) is -0.197. The fourth-order valence-corrected chi connectivity index (χ4v) is 1.98. The molecule has 4 heteroatoms. The fraction of sp³-hybridized carbons (Fsp3) is 0.0909. The van der Waals surface area contributed by atoms with Gasteiger partial charge in [-0.2, -0.15) is 5.26 Å². The number of para-hydroxylation sites is 1. The van der Waals surface area contributed by atoms with Gasteiger partial charge in [-0.15, -0.1) is 0 Å². The van der Waals surface area contributed by atoms with E-state index in [4.69, 9.17) is 16.9 Å². The highest BCUT2D eigenvalue weighted by Crippen LogP contribution is 2.28. The molecule has 2 rings (SSSR count). The lowest BCUT2D eigenvalue weighted by molar-refractivity contribution is 0.0942. The molecule has 0 saturated carbocycles.